The third-order valence-corrected chi connectivity index (χ3v) is 7.44. The van der Waals surface area contributed by atoms with E-state index in [1.165, 1.54) is 44.6 Å². The number of ether oxygens (including phenoxy) is 2. The molecule has 5 fully saturated rings. The summed E-state index contributed by atoms with van der Waals surface area (Å²) < 4.78 is 49.7. The molecule has 1 aromatic rings. The predicted octanol–water partition coefficient (Wildman–Crippen LogP) is 4.90. The number of alkyl halides is 3. The highest BCUT2D eigenvalue weighted by Crippen LogP contribution is 2.52. The number of fused-ring (bicyclic) bond motifs is 1. The van der Waals surface area contributed by atoms with Crippen LogP contribution >= 0.6 is 0 Å². The lowest BCUT2D eigenvalue weighted by Gasteiger charge is -2.43. The Labute approximate surface area is 173 Å². The van der Waals surface area contributed by atoms with E-state index >= 15 is 0 Å². The van der Waals surface area contributed by atoms with Crippen molar-refractivity contribution in [3.05, 3.63) is 23.9 Å². The summed E-state index contributed by atoms with van der Waals surface area (Å²) >= 11 is 0. The van der Waals surface area contributed by atoms with E-state index in [0.717, 1.165) is 24.1 Å². The maximum atomic E-state index is 12.8. The fourth-order valence-corrected chi connectivity index (χ4v) is 6.15. The molecule has 1 amide bonds. The summed E-state index contributed by atoms with van der Waals surface area (Å²) in [4.78, 5) is 18.2. The minimum absolute atomic E-state index is 0.0376. The predicted molar refractivity (Wildman–Crippen MR) is 102 cm³/mol. The van der Waals surface area contributed by atoms with Gasteiger partial charge in [0.25, 0.3) is 0 Å². The summed E-state index contributed by atoms with van der Waals surface area (Å²) in [6.07, 6.45) is 3.80. The molecule has 1 aromatic heterocycles. The molecule has 4 saturated carbocycles. The lowest BCUT2D eigenvalue weighted by atomic mass is 9.66. The third kappa shape index (κ3) is 3.97. The average Bonchev–Trinajstić information content (AvgIpc) is 3.07. The van der Waals surface area contributed by atoms with Gasteiger partial charge in [-0.3, -0.25) is 0 Å². The summed E-state index contributed by atoms with van der Waals surface area (Å²) in [5.74, 6) is 2.77. The summed E-state index contributed by atoms with van der Waals surface area (Å²) in [7, 11) is 0. The van der Waals surface area contributed by atoms with Gasteiger partial charge in [-0.15, -0.1) is 0 Å². The van der Waals surface area contributed by atoms with Gasteiger partial charge in [0.05, 0.1) is 12.1 Å². The Bertz CT molecular complexity index is 777. The molecule has 8 heteroatoms. The average molecular weight is 424 g/mol. The minimum Gasteiger partial charge on any atom is -0.472 e. The Hall–Kier alpha value is -1.99. The van der Waals surface area contributed by atoms with Gasteiger partial charge in [-0.2, -0.15) is 13.2 Å². The molecular weight excluding hydrogens is 397 g/mol. The topological polar surface area (TPSA) is 51.7 Å². The second kappa shape index (κ2) is 7.61. The van der Waals surface area contributed by atoms with Crippen molar-refractivity contribution in [2.75, 3.05) is 13.1 Å². The van der Waals surface area contributed by atoms with Crippen molar-refractivity contribution in [1.29, 1.82) is 0 Å². The number of aromatic nitrogens is 1. The Morgan fingerprint density at radius 3 is 2.60 bits per heavy atom. The van der Waals surface area contributed by atoms with Crippen LogP contribution in [0.5, 0.6) is 5.88 Å². The first-order chi connectivity index (χ1) is 14.3. The lowest BCUT2D eigenvalue weighted by molar-refractivity contribution is -0.137. The van der Waals surface area contributed by atoms with E-state index < -0.39 is 11.7 Å². The van der Waals surface area contributed by atoms with E-state index in [0.29, 0.717) is 31.3 Å². The standard InChI is InChI=1S/C22H27F3N2O3/c23-22(24,25)17-3-4-19(26-11-17)29-18-5-6-27(12-18)21(28)30-20-15-2-1-13-7-14(9-15)10-16(20)8-13/h3-4,11,13-16,18,20H,1-2,5-10,12H2. The largest absolute Gasteiger partial charge is 0.472 e. The molecular formula is C22H27F3N2O3. The zero-order valence-corrected chi connectivity index (χ0v) is 16.8. The second-order valence-corrected chi connectivity index (χ2v) is 9.48. The normalized spacial score (nSPS) is 35.4. The number of carbonyl (C=O) groups excluding carboxylic acids is 1. The van der Waals surface area contributed by atoms with Gasteiger partial charge in [-0.1, -0.05) is 6.42 Å². The lowest BCUT2D eigenvalue weighted by Crippen LogP contribution is -2.44. The quantitative estimate of drug-likeness (QED) is 0.692. The van der Waals surface area contributed by atoms with Crippen molar-refractivity contribution < 1.29 is 27.4 Å². The van der Waals surface area contributed by atoms with Crippen LogP contribution in [0.1, 0.15) is 50.5 Å². The van der Waals surface area contributed by atoms with Crippen LogP contribution < -0.4 is 4.74 Å². The number of carbonyl (C=O) groups is 1. The molecule has 5 aliphatic rings. The van der Waals surface area contributed by atoms with Gasteiger partial charge < -0.3 is 14.4 Å². The molecule has 4 aliphatic carbocycles. The van der Waals surface area contributed by atoms with Crippen LogP contribution in [0.15, 0.2) is 18.3 Å². The maximum absolute atomic E-state index is 12.8. The molecule has 6 atom stereocenters. The van der Waals surface area contributed by atoms with Crippen LogP contribution in [0.2, 0.25) is 0 Å². The molecule has 0 aromatic carbocycles. The van der Waals surface area contributed by atoms with Gasteiger partial charge in [0.2, 0.25) is 5.88 Å². The SMILES string of the molecule is O=C(OC1C2CCC3CC(C2)CC1C3)N1CCC(Oc2ccc(C(F)(F)F)cn2)C1. The Balaban J connectivity index is 1.16. The molecule has 2 heterocycles. The van der Waals surface area contributed by atoms with E-state index in [-0.39, 0.29) is 24.2 Å². The minimum atomic E-state index is -4.42. The van der Waals surface area contributed by atoms with Crippen LogP contribution in [-0.4, -0.2) is 41.3 Å². The first-order valence-corrected chi connectivity index (χ1v) is 11.0. The van der Waals surface area contributed by atoms with Gasteiger partial charge in [-0.25, -0.2) is 9.78 Å². The summed E-state index contributed by atoms with van der Waals surface area (Å²) in [6, 6.07) is 2.18. The number of hydrogen-bond acceptors (Lipinski definition) is 4. The highest BCUT2D eigenvalue weighted by Gasteiger charge is 2.47. The first kappa shape index (κ1) is 19.9. The zero-order chi connectivity index (χ0) is 20.9. The molecule has 30 heavy (non-hydrogen) atoms. The number of halogens is 3. The van der Waals surface area contributed by atoms with Crippen molar-refractivity contribution in [3.8, 4) is 5.88 Å². The van der Waals surface area contributed by atoms with Gasteiger partial charge in [0, 0.05) is 25.2 Å². The van der Waals surface area contributed by atoms with Crippen molar-refractivity contribution in [2.24, 2.45) is 23.7 Å². The van der Waals surface area contributed by atoms with Crippen molar-refractivity contribution in [3.63, 3.8) is 0 Å². The summed E-state index contributed by atoms with van der Waals surface area (Å²) in [5, 5.41) is 0. The van der Waals surface area contributed by atoms with E-state index in [9.17, 15) is 18.0 Å². The number of likely N-dealkylation sites (tertiary alicyclic amines) is 1. The van der Waals surface area contributed by atoms with Crippen molar-refractivity contribution in [1.82, 2.24) is 9.88 Å². The van der Waals surface area contributed by atoms with E-state index in [4.69, 9.17) is 9.47 Å². The molecule has 5 nitrogen and oxygen atoms in total. The number of amides is 1. The maximum Gasteiger partial charge on any atom is 0.417 e. The summed E-state index contributed by atoms with van der Waals surface area (Å²) in [5.41, 5.74) is -0.807. The van der Waals surface area contributed by atoms with Crippen molar-refractivity contribution in [2.45, 2.75) is 63.3 Å². The molecule has 6 unspecified atom stereocenters. The second-order valence-electron chi connectivity index (χ2n) is 9.48. The van der Waals surface area contributed by atoms with E-state index in [1.807, 2.05) is 0 Å². The van der Waals surface area contributed by atoms with Crippen LogP contribution in [-0.2, 0) is 10.9 Å². The van der Waals surface area contributed by atoms with E-state index in [1.54, 1.807) is 4.90 Å². The van der Waals surface area contributed by atoms with Crippen LogP contribution in [0.4, 0.5) is 18.0 Å². The highest BCUT2D eigenvalue weighted by atomic mass is 19.4. The fourth-order valence-electron chi connectivity index (χ4n) is 6.15. The summed E-state index contributed by atoms with van der Waals surface area (Å²) in [6.45, 7) is 0.895. The van der Waals surface area contributed by atoms with Gasteiger partial charge in [-0.05, 0) is 61.8 Å². The van der Waals surface area contributed by atoms with Gasteiger partial charge in [0.15, 0.2) is 0 Å². The number of nitrogens with zero attached hydrogens (tertiary/aromatic N) is 2. The van der Waals surface area contributed by atoms with Crippen LogP contribution in [0.25, 0.3) is 0 Å². The Morgan fingerprint density at radius 1 is 1.03 bits per heavy atom. The van der Waals surface area contributed by atoms with Gasteiger partial charge in [0.1, 0.15) is 12.2 Å². The zero-order valence-electron chi connectivity index (χ0n) is 16.8. The first-order valence-electron chi connectivity index (χ1n) is 11.0. The fraction of sp³-hybridized carbons (Fsp3) is 0.727. The third-order valence-electron chi connectivity index (χ3n) is 7.44. The number of rotatable bonds is 3. The molecule has 0 N–H and O–H groups in total. The number of hydrogen-bond donors (Lipinski definition) is 0. The monoisotopic (exact) mass is 424 g/mol. The molecule has 164 valence electrons. The molecule has 1 saturated heterocycles. The smallest absolute Gasteiger partial charge is 0.417 e. The van der Waals surface area contributed by atoms with Crippen LogP contribution in [0.3, 0.4) is 0 Å². The molecule has 1 aliphatic heterocycles. The van der Waals surface area contributed by atoms with Crippen molar-refractivity contribution >= 4 is 6.09 Å². The molecule has 4 bridgehead atoms. The molecule has 0 radical (unpaired) electrons. The molecule has 6 rings (SSSR count). The highest BCUT2D eigenvalue weighted by molar-refractivity contribution is 5.68. The Morgan fingerprint density at radius 2 is 1.83 bits per heavy atom. The van der Waals surface area contributed by atoms with Crippen LogP contribution in [0, 0.1) is 23.7 Å². The molecule has 0 spiro atoms. The Kier molecular flexibility index (Phi) is 5.06. The van der Waals surface area contributed by atoms with Gasteiger partial charge >= 0.3 is 12.3 Å². The van der Waals surface area contributed by atoms with E-state index in [2.05, 4.69) is 4.98 Å². The number of pyridine rings is 1.